The van der Waals surface area contributed by atoms with E-state index in [1.807, 2.05) is 18.2 Å². The van der Waals surface area contributed by atoms with E-state index in [1.54, 1.807) is 6.20 Å². The van der Waals surface area contributed by atoms with E-state index in [0.29, 0.717) is 11.8 Å². The first-order chi connectivity index (χ1) is 14.5. The number of aryl methyl sites for hydroxylation is 1. The molecule has 0 bridgehead atoms. The summed E-state index contributed by atoms with van der Waals surface area (Å²) in [5.74, 6) is 3.11. The van der Waals surface area contributed by atoms with Crippen LogP contribution < -0.4 is 4.74 Å². The highest BCUT2D eigenvalue weighted by molar-refractivity contribution is 6.30. The third-order valence-electron chi connectivity index (χ3n) is 6.33. The zero-order chi connectivity index (χ0) is 21.1. The Morgan fingerprint density at radius 2 is 2.03 bits per heavy atom. The van der Waals surface area contributed by atoms with Crippen molar-refractivity contribution < 1.29 is 4.74 Å². The molecule has 5 nitrogen and oxygen atoms in total. The summed E-state index contributed by atoms with van der Waals surface area (Å²) in [7, 11) is 2.08. The van der Waals surface area contributed by atoms with Gasteiger partial charge in [0.2, 0.25) is 0 Å². The van der Waals surface area contributed by atoms with Gasteiger partial charge in [-0.1, -0.05) is 31.9 Å². The first-order valence-electron chi connectivity index (χ1n) is 11.0. The molecule has 0 radical (unpaired) electrons. The second-order valence-corrected chi connectivity index (χ2v) is 8.93. The van der Waals surface area contributed by atoms with Crippen LogP contribution in [0.3, 0.4) is 0 Å². The molecule has 1 saturated heterocycles. The summed E-state index contributed by atoms with van der Waals surface area (Å²) >= 11 is 6.34. The molecular weight excluding hydrogens is 396 g/mol. The van der Waals surface area contributed by atoms with Crippen LogP contribution in [0, 0.1) is 5.92 Å². The minimum atomic E-state index is 0.481. The molecule has 6 heteroatoms. The van der Waals surface area contributed by atoms with Crippen molar-refractivity contribution in [3.8, 4) is 5.75 Å². The molecule has 0 amide bonds. The summed E-state index contributed by atoms with van der Waals surface area (Å²) < 4.78 is 8.34. The van der Waals surface area contributed by atoms with Gasteiger partial charge < -0.3 is 9.30 Å². The van der Waals surface area contributed by atoms with E-state index in [4.69, 9.17) is 21.3 Å². The van der Waals surface area contributed by atoms with E-state index in [2.05, 4.69) is 47.5 Å². The summed E-state index contributed by atoms with van der Waals surface area (Å²) in [6.07, 6.45) is 5.12. The molecule has 0 spiro atoms. The van der Waals surface area contributed by atoms with Crippen LogP contribution in [0.25, 0.3) is 11.2 Å². The zero-order valence-electron chi connectivity index (χ0n) is 18.1. The number of rotatable bonds is 7. The van der Waals surface area contributed by atoms with Crippen molar-refractivity contribution in [2.75, 3.05) is 19.7 Å². The Balaban J connectivity index is 1.42. The number of fused-ring (bicyclic) bond motifs is 1. The monoisotopic (exact) mass is 426 g/mol. The van der Waals surface area contributed by atoms with Crippen LogP contribution in [0.15, 0.2) is 36.5 Å². The third-order valence-corrected chi connectivity index (χ3v) is 6.57. The van der Waals surface area contributed by atoms with E-state index >= 15 is 0 Å². The fraction of sp³-hybridized carbons (Fsp3) is 0.500. The van der Waals surface area contributed by atoms with Crippen LogP contribution in [0.1, 0.15) is 50.4 Å². The van der Waals surface area contributed by atoms with E-state index in [0.717, 1.165) is 73.3 Å². The van der Waals surface area contributed by atoms with Gasteiger partial charge in [0.25, 0.3) is 0 Å². The Morgan fingerprint density at radius 1 is 1.23 bits per heavy atom. The number of piperidine rings is 1. The van der Waals surface area contributed by atoms with E-state index in [1.165, 1.54) is 5.56 Å². The molecule has 3 heterocycles. The lowest BCUT2D eigenvalue weighted by Crippen LogP contribution is -2.33. The molecule has 0 aliphatic carbocycles. The van der Waals surface area contributed by atoms with Gasteiger partial charge in [-0.05, 0) is 73.7 Å². The molecule has 2 aromatic heterocycles. The number of ether oxygens (including phenoxy) is 1. The number of hydrogen-bond donors (Lipinski definition) is 0. The molecule has 0 N–H and O–H groups in total. The van der Waals surface area contributed by atoms with Crippen molar-refractivity contribution in [1.82, 2.24) is 19.4 Å². The lowest BCUT2D eigenvalue weighted by atomic mass is 9.88. The maximum Gasteiger partial charge on any atom is 0.177 e. The molecular formula is C24H31ClN4O. The quantitative estimate of drug-likeness (QED) is 0.505. The van der Waals surface area contributed by atoms with Crippen LogP contribution in [-0.4, -0.2) is 39.1 Å². The SMILES string of the molecule is CC[C@H](C)COc1ccc(Cl)cc1C1CCN(Cc2nc3ncccc3n2C)CC1. The minimum Gasteiger partial charge on any atom is -0.493 e. The van der Waals surface area contributed by atoms with E-state index in [9.17, 15) is 0 Å². The Bertz CT molecular complexity index is 994. The molecule has 1 aliphatic heterocycles. The molecule has 0 saturated carbocycles. The van der Waals surface area contributed by atoms with E-state index < -0.39 is 0 Å². The second kappa shape index (κ2) is 9.36. The Kier molecular flexibility index (Phi) is 6.59. The van der Waals surface area contributed by atoms with Crippen molar-refractivity contribution in [2.45, 2.75) is 45.6 Å². The summed E-state index contributed by atoms with van der Waals surface area (Å²) in [5, 5.41) is 0.788. The van der Waals surface area contributed by atoms with Crippen LogP contribution in [0.2, 0.25) is 5.02 Å². The van der Waals surface area contributed by atoms with Gasteiger partial charge in [-0.25, -0.2) is 9.97 Å². The van der Waals surface area contributed by atoms with Crippen LogP contribution >= 0.6 is 11.6 Å². The summed E-state index contributed by atoms with van der Waals surface area (Å²) in [6, 6.07) is 10.1. The summed E-state index contributed by atoms with van der Waals surface area (Å²) in [4.78, 5) is 11.6. The van der Waals surface area contributed by atoms with Crippen LogP contribution in [0.5, 0.6) is 5.75 Å². The zero-order valence-corrected chi connectivity index (χ0v) is 18.9. The van der Waals surface area contributed by atoms with Gasteiger partial charge in [0.15, 0.2) is 5.65 Å². The smallest absolute Gasteiger partial charge is 0.177 e. The fourth-order valence-corrected chi connectivity index (χ4v) is 4.32. The number of pyridine rings is 1. The van der Waals surface area contributed by atoms with Crippen molar-refractivity contribution in [1.29, 1.82) is 0 Å². The molecule has 1 atom stereocenters. The van der Waals surface area contributed by atoms with E-state index in [-0.39, 0.29) is 0 Å². The molecule has 0 unspecified atom stereocenters. The van der Waals surface area contributed by atoms with Crippen LogP contribution in [-0.2, 0) is 13.6 Å². The molecule has 1 aliphatic rings. The summed E-state index contributed by atoms with van der Waals surface area (Å²) in [6.45, 7) is 8.12. The van der Waals surface area contributed by atoms with Gasteiger partial charge in [-0.3, -0.25) is 4.90 Å². The first kappa shape index (κ1) is 21.1. The van der Waals surface area contributed by atoms with Gasteiger partial charge in [-0.2, -0.15) is 0 Å². The molecule has 4 rings (SSSR count). The topological polar surface area (TPSA) is 43.2 Å². The maximum atomic E-state index is 6.34. The highest BCUT2D eigenvalue weighted by Crippen LogP contribution is 2.36. The molecule has 30 heavy (non-hydrogen) atoms. The lowest BCUT2D eigenvalue weighted by Gasteiger charge is -2.32. The number of likely N-dealkylation sites (tertiary alicyclic amines) is 1. The predicted molar refractivity (Wildman–Crippen MR) is 122 cm³/mol. The average molecular weight is 427 g/mol. The minimum absolute atomic E-state index is 0.481. The highest BCUT2D eigenvalue weighted by Gasteiger charge is 2.25. The normalized spacial score (nSPS) is 16.8. The van der Waals surface area contributed by atoms with Gasteiger partial charge in [0, 0.05) is 18.3 Å². The number of halogens is 1. The molecule has 1 fully saturated rings. The molecule has 160 valence electrons. The van der Waals surface area contributed by atoms with Gasteiger partial charge in [-0.15, -0.1) is 0 Å². The maximum absolute atomic E-state index is 6.34. The Morgan fingerprint density at radius 3 is 2.77 bits per heavy atom. The predicted octanol–water partition coefficient (Wildman–Crippen LogP) is 5.43. The van der Waals surface area contributed by atoms with Gasteiger partial charge in [0.1, 0.15) is 11.6 Å². The lowest BCUT2D eigenvalue weighted by molar-refractivity contribution is 0.195. The number of nitrogens with zero attached hydrogens (tertiary/aromatic N) is 4. The highest BCUT2D eigenvalue weighted by atomic mass is 35.5. The van der Waals surface area contributed by atoms with Crippen molar-refractivity contribution in [3.05, 3.63) is 52.9 Å². The number of imidazole rings is 1. The molecule has 3 aromatic rings. The summed E-state index contributed by atoms with van der Waals surface area (Å²) in [5.41, 5.74) is 3.17. The second-order valence-electron chi connectivity index (χ2n) is 8.49. The fourth-order valence-electron chi connectivity index (χ4n) is 4.14. The van der Waals surface area contributed by atoms with Gasteiger partial charge >= 0.3 is 0 Å². The van der Waals surface area contributed by atoms with Crippen molar-refractivity contribution >= 4 is 22.8 Å². The largest absolute Gasteiger partial charge is 0.493 e. The standard InChI is InChI=1S/C24H31ClN4O/c1-4-17(2)16-30-22-8-7-19(25)14-20(22)18-9-12-29(13-10-18)15-23-27-24-21(28(23)3)6-5-11-26-24/h5-8,11,14,17-18H,4,9-10,12-13,15-16H2,1-3H3/t17-/m0/s1. The van der Waals surface area contributed by atoms with Crippen molar-refractivity contribution in [2.24, 2.45) is 13.0 Å². The number of hydrogen-bond acceptors (Lipinski definition) is 4. The first-order valence-corrected chi connectivity index (χ1v) is 11.3. The number of aromatic nitrogens is 3. The number of benzene rings is 1. The van der Waals surface area contributed by atoms with Crippen molar-refractivity contribution in [3.63, 3.8) is 0 Å². The Hall–Kier alpha value is -2.11. The third kappa shape index (κ3) is 4.62. The molecule has 1 aromatic carbocycles. The Labute approximate surface area is 184 Å². The van der Waals surface area contributed by atoms with Gasteiger partial charge in [0.05, 0.1) is 18.7 Å². The van der Waals surface area contributed by atoms with Crippen LogP contribution in [0.4, 0.5) is 0 Å². The average Bonchev–Trinajstić information content (AvgIpc) is 3.08.